The topological polar surface area (TPSA) is 54.2 Å². The monoisotopic (exact) mass is 377 g/mol. The molecule has 1 aromatic heterocycles. The van der Waals surface area contributed by atoms with Crippen LogP contribution in [0.5, 0.6) is 0 Å². The molecule has 6 heteroatoms. The number of hydrogen-bond donors (Lipinski definition) is 2. The number of rotatable bonds is 5. The van der Waals surface area contributed by atoms with E-state index in [4.69, 9.17) is 0 Å². The van der Waals surface area contributed by atoms with Crippen molar-refractivity contribution in [2.75, 3.05) is 13.6 Å². The van der Waals surface area contributed by atoms with Crippen LogP contribution in [0.15, 0.2) is 46.0 Å². The van der Waals surface area contributed by atoms with Gasteiger partial charge in [0.2, 0.25) is 0 Å². The molecule has 0 saturated heterocycles. The van der Waals surface area contributed by atoms with Crippen molar-refractivity contribution in [2.24, 2.45) is 12.0 Å². The highest BCUT2D eigenvalue weighted by Gasteiger charge is 2.21. The fraction of sp³-hybridized carbons (Fsp3) is 0.412. The van der Waals surface area contributed by atoms with Crippen molar-refractivity contribution in [3.8, 4) is 0 Å². The lowest BCUT2D eigenvalue weighted by Gasteiger charge is -2.27. The first-order valence-electron chi connectivity index (χ1n) is 7.60. The molecule has 0 fully saturated rings. The Bertz CT molecular complexity index is 675. The molecular formula is C17H24BrN5. The summed E-state index contributed by atoms with van der Waals surface area (Å²) >= 11 is 3.54. The zero-order valence-corrected chi connectivity index (χ0v) is 15.7. The highest BCUT2D eigenvalue weighted by atomic mass is 79.9. The first-order chi connectivity index (χ1) is 10.9. The third-order valence-corrected chi connectivity index (χ3v) is 4.38. The van der Waals surface area contributed by atoms with Gasteiger partial charge in [-0.1, -0.05) is 41.9 Å². The van der Waals surface area contributed by atoms with Gasteiger partial charge in [-0.05, 0) is 23.8 Å². The molecule has 0 bridgehead atoms. The molecule has 0 aliphatic carbocycles. The third-order valence-electron chi connectivity index (χ3n) is 3.89. The predicted molar refractivity (Wildman–Crippen MR) is 98.6 cm³/mol. The van der Waals surface area contributed by atoms with Gasteiger partial charge in [-0.2, -0.15) is 5.10 Å². The van der Waals surface area contributed by atoms with Crippen LogP contribution in [0.1, 0.15) is 25.1 Å². The largest absolute Gasteiger partial charge is 0.356 e. The molecule has 0 amide bonds. The van der Waals surface area contributed by atoms with Gasteiger partial charge in [0.05, 0.1) is 12.2 Å². The van der Waals surface area contributed by atoms with E-state index < -0.39 is 0 Å². The van der Waals surface area contributed by atoms with Crippen molar-refractivity contribution in [3.63, 3.8) is 0 Å². The maximum absolute atomic E-state index is 4.29. The summed E-state index contributed by atoms with van der Waals surface area (Å²) in [6.45, 7) is 5.91. The molecule has 23 heavy (non-hydrogen) atoms. The first kappa shape index (κ1) is 17.5. The molecule has 2 aromatic rings. The number of guanidine groups is 1. The Hall–Kier alpha value is -1.82. The Kier molecular flexibility index (Phi) is 5.82. The van der Waals surface area contributed by atoms with Gasteiger partial charge in [0.15, 0.2) is 5.96 Å². The van der Waals surface area contributed by atoms with Crippen LogP contribution in [-0.2, 0) is 19.0 Å². The Morgan fingerprint density at radius 3 is 2.70 bits per heavy atom. The fourth-order valence-corrected chi connectivity index (χ4v) is 2.69. The van der Waals surface area contributed by atoms with Crippen LogP contribution in [0.25, 0.3) is 0 Å². The summed E-state index contributed by atoms with van der Waals surface area (Å²) in [6, 6.07) is 10.4. The molecule has 124 valence electrons. The number of aromatic nitrogens is 2. The average Bonchev–Trinajstić information content (AvgIpc) is 2.93. The lowest BCUT2D eigenvalue weighted by atomic mass is 9.85. The van der Waals surface area contributed by atoms with Crippen molar-refractivity contribution in [2.45, 2.75) is 25.8 Å². The first-order valence-corrected chi connectivity index (χ1v) is 8.39. The molecule has 1 aromatic carbocycles. The zero-order valence-electron chi connectivity index (χ0n) is 14.1. The molecule has 0 unspecified atom stereocenters. The molecule has 5 nitrogen and oxygen atoms in total. The van der Waals surface area contributed by atoms with E-state index in [1.807, 2.05) is 23.9 Å². The van der Waals surface area contributed by atoms with E-state index in [2.05, 4.69) is 68.7 Å². The van der Waals surface area contributed by atoms with Crippen molar-refractivity contribution in [1.29, 1.82) is 0 Å². The maximum atomic E-state index is 4.29. The minimum Gasteiger partial charge on any atom is -0.356 e. The lowest BCUT2D eigenvalue weighted by Crippen LogP contribution is -2.43. The Morgan fingerprint density at radius 2 is 2.09 bits per heavy atom. The summed E-state index contributed by atoms with van der Waals surface area (Å²) in [6.07, 6.45) is 1.80. The Morgan fingerprint density at radius 1 is 1.30 bits per heavy atom. The van der Waals surface area contributed by atoms with Crippen LogP contribution in [0.3, 0.4) is 0 Å². The Labute approximate surface area is 146 Å². The maximum Gasteiger partial charge on any atom is 0.191 e. The van der Waals surface area contributed by atoms with E-state index in [0.717, 1.165) is 22.7 Å². The van der Waals surface area contributed by atoms with Gasteiger partial charge in [0, 0.05) is 36.7 Å². The van der Waals surface area contributed by atoms with Gasteiger partial charge in [0.25, 0.3) is 0 Å². The van der Waals surface area contributed by atoms with Crippen molar-refractivity contribution in [3.05, 3.63) is 52.3 Å². The molecular weight excluding hydrogens is 354 g/mol. The van der Waals surface area contributed by atoms with Gasteiger partial charge in [0.1, 0.15) is 0 Å². The molecule has 0 radical (unpaired) electrons. The number of nitrogens with zero attached hydrogens (tertiary/aromatic N) is 3. The Balaban J connectivity index is 1.93. The summed E-state index contributed by atoms with van der Waals surface area (Å²) < 4.78 is 2.95. The van der Waals surface area contributed by atoms with Crippen LogP contribution in [0.4, 0.5) is 0 Å². The summed E-state index contributed by atoms with van der Waals surface area (Å²) in [5.41, 5.74) is 2.38. The zero-order chi connectivity index (χ0) is 16.9. The molecule has 0 aliphatic rings. The van der Waals surface area contributed by atoms with Crippen LogP contribution >= 0.6 is 15.9 Å². The normalized spacial score (nSPS) is 12.3. The third kappa shape index (κ3) is 4.82. The summed E-state index contributed by atoms with van der Waals surface area (Å²) in [5.74, 6) is 0.786. The fourth-order valence-electron chi connectivity index (χ4n) is 2.29. The number of aliphatic imine (C=N–C) groups is 1. The van der Waals surface area contributed by atoms with E-state index in [0.29, 0.717) is 6.54 Å². The van der Waals surface area contributed by atoms with Gasteiger partial charge in [-0.15, -0.1) is 0 Å². The predicted octanol–water partition coefficient (Wildman–Crippen LogP) is 2.83. The number of aryl methyl sites for hydroxylation is 1. The molecule has 0 saturated carbocycles. The van der Waals surface area contributed by atoms with Crippen molar-refractivity contribution in [1.82, 2.24) is 20.4 Å². The number of hydrogen-bond acceptors (Lipinski definition) is 2. The second kappa shape index (κ2) is 7.64. The quantitative estimate of drug-likeness (QED) is 0.622. The average molecular weight is 378 g/mol. The number of halogens is 1. The van der Waals surface area contributed by atoms with Gasteiger partial charge in [-0.3, -0.25) is 9.67 Å². The second-order valence-electron chi connectivity index (χ2n) is 6.12. The van der Waals surface area contributed by atoms with E-state index in [1.54, 1.807) is 13.2 Å². The van der Waals surface area contributed by atoms with Gasteiger partial charge >= 0.3 is 0 Å². The smallest absolute Gasteiger partial charge is 0.191 e. The molecule has 2 rings (SSSR count). The van der Waals surface area contributed by atoms with Crippen LogP contribution in [0.2, 0.25) is 0 Å². The molecule has 0 spiro atoms. The van der Waals surface area contributed by atoms with Crippen molar-refractivity contribution < 1.29 is 0 Å². The van der Waals surface area contributed by atoms with E-state index in [1.165, 1.54) is 5.56 Å². The molecule has 2 N–H and O–H groups in total. The summed E-state index contributed by atoms with van der Waals surface area (Å²) in [7, 11) is 3.72. The van der Waals surface area contributed by atoms with E-state index in [-0.39, 0.29) is 5.41 Å². The summed E-state index contributed by atoms with van der Waals surface area (Å²) in [5, 5.41) is 10.9. The highest BCUT2D eigenvalue weighted by molar-refractivity contribution is 9.10. The van der Waals surface area contributed by atoms with Crippen LogP contribution in [-0.4, -0.2) is 29.3 Å². The minimum atomic E-state index is -0.00602. The van der Waals surface area contributed by atoms with Gasteiger partial charge in [-0.25, -0.2) is 0 Å². The van der Waals surface area contributed by atoms with Crippen molar-refractivity contribution >= 4 is 21.9 Å². The lowest BCUT2D eigenvalue weighted by molar-refractivity contribution is 0.508. The SMILES string of the molecule is CN=C(NCc1ccnn1C)NCC(C)(C)c1cccc(Br)c1. The number of benzene rings is 1. The standard InChI is InChI=1S/C17H24BrN5/c1-17(2,13-6-5-7-14(18)10-13)12-21-16(19-3)20-11-15-8-9-22-23(15)4/h5-10H,11-12H2,1-4H3,(H2,19,20,21). The van der Waals surface area contributed by atoms with E-state index in [9.17, 15) is 0 Å². The second-order valence-corrected chi connectivity index (χ2v) is 7.04. The van der Waals surface area contributed by atoms with Crippen LogP contribution in [0, 0.1) is 0 Å². The highest BCUT2D eigenvalue weighted by Crippen LogP contribution is 2.24. The molecule has 0 aliphatic heterocycles. The van der Waals surface area contributed by atoms with Crippen LogP contribution < -0.4 is 10.6 Å². The summed E-state index contributed by atoms with van der Waals surface area (Å²) in [4.78, 5) is 4.29. The molecule has 1 heterocycles. The number of nitrogens with one attached hydrogen (secondary N) is 2. The minimum absolute atomic E-state index is 0.00602. The molecule has 0 atom stereocenters. The van der Waals surface area contributed by atoms with Gasteiger partial charge < -0.3 is 10.6 Å². The van der Waals surface area contributed by atoms with E-state index >= 15 is 0 Å².